The second-order valence-electron chi connectivity index (χ2n) is 6.86. The maximum atomic E-state index is 12.4. The fourth-order valence-electron chi connectivity index (χ4n) is 3.26. The number of rotatable bonds is 5. The minimum absolute atomic E-state index is 0.0146. The van der Waals surface area contributed by atoms with Crippen molar-refractivity contribution in [2.45, 2.75) is 26.1 Å². The summed E-state index contributed by atoms with van der Waals surface area (Å²) in [6.45, 7) is 3.85. The van der Waals surface area contributed by atoms with Crippen molar-refractivity contribution in [1.29, 1.82) is 0 Å². The first-order valence-electron chi connectivity index (χ1n) is 9.29. The predicted octanol–water partition coefficient (Wildman–Crippen LogP) is 2.64. The first-order chi connectivity index (χ1) is 13.7. The number of ether oxygens (including phenoxy) is 1. The van der Waals surface area contributed by atoms with E-state index in [4.69, 9.17) is 9.26 Å². The van der Waals surface area contributed by atoms with Crippen LogP contribution in [0.5, 0.6) is 5.75 Å². The number of carbonyl (C=O) groups is 1. The molecule has 1 aromatic heterocycles. The summed E-state index contributed by atoms with van der Waals surface area (Å²) in [5.74, 6) is 1.69. The molecule has 7 nitrogen and oxygen atoms in total. The van der Waals surface area contributed by atoms with Gasteiger partial charge in [-0.25, -0.2) is 0 Å². The topological polar surface area (TPSA) is 80.5 Å². The smallest absolute Gasteiger partial charge is 0.246 e. The molecule has 0 saturated carbocycles. The lowest BCUT2D eigenvalue weighted by molar-refractivity contribution is -0.122. The monoisotopic (exact) mass is 378 g/mol. The van der Waals surface area contributed by atoms with E-state index in [2.05, 4.69) is 20.4 Å². The van der Waals surface area contributed by atoms with E-state index in [1.165, 1.54) is 0 Å². The third kappa shape index (κ3) is 4.37. The molecular formula is C21H22N4O3. The summed E-state index contributed by atoms with van der Waals surface area (Å²) < 4.78 is 11.2. The van der Waals surface area contributed by atoms with E-state index < -0.39 is 0 Å². The highest BCUT2D eigenvalue weighted by Crippen LogP contribution is 2.24. The molecular weight excluding hydrogens is 356 g/mol. The minimum Gasteiger partial charge on any atom is -0.489 e. The number of nitrogens with one attached hydrogen (secondary N) is 1. The van der Waals surface area contributed by atoms with Crippen molar-refractivity contribution in [3.8, 4) is 17.1 Å². The molecule has 1 N–H and O–H groups in total. The molecule has 4 rings (SSSR count). The molecule has 0 saturated heterocycles. The Hall–Kier alpha value is -3.19. The van der Waals surface area contributed by atoms with Crippen LogP contribution in [-0.2, 0) is 17.9 Å². The lowest BCUT2D eigenvalue weighted by Gasteiger charge is -2.20. The van der Waals surface area contributed by atoms with Crippen LogP contribution in [0.2, 0.25) is 0 Å². The zero-order valence-electron chi connectivity index (χ0n) is 15.7. The van der Waals surface area contributed by atoms with Gasteiger partial charge in [-0.3, -0.25) is 9.69 Å². The van der Waals surface area contributed by atoms with Crippen LogP contribution in [0.15, 0.2) is 59.1 Å². The van der Waals surface area contributed by atoms with Gasteiger partial charge in [0.25, 0.3) is 0 Å². The molecule has 0 radical (unpaired) electrons. The molecule has 1 aliphatic heterocycles. The normalized spacial score (nSPS) is 16.7. The second-order valence-corrected chi connectivity index (χ2v) is 6.86. The predicted molar refractivity (Wildman–Crippen MR) is 103 cm³/mol. The Morgan fingerprint density at radius 1 is 1.18 bits per heavy atom. The number of nitrogens with zero attached hydrogens (tertiary/aromatic N) is 3. The molecule has 1 unspecified atom stereocenters. The molecule has 3 aromatic rings. The van der Waals surface area contributed by atoms with Crippen molar-refractivity contribution >= 4 is 5.91 Å². The summed E-state index contributed by atoms with van der Waals surface area (Å²) in [5, 5.41) is 6.82. The van der Waals surface area contributed by atoms with Crippen molar-refractivity contribution in [3.05, 3.63) is 66.1 Å². The van der Waals surface area contributed by atoms with E-state index in [-0.39, 0.29) is 25.1 Å². The second kappa shape index (κ2) is 8.22. The Labute approximate surface area is 163 Å². The highest BCUT2D eigenvalue weighted by molar-refractivity contribution is 5.78. The van der Waals surface area contributed by atoms with Crippen LogP contribution in [0, 0.1) is 0 Å². The fourth-order valence-corrected chi connectivity index (χ4v) is 3.26. The van der Waals surface area contributed by atoms with E-state index in [0.717, 1.165) is 16.9 Å². The average molecular weight is 378 g/mol. The number of hydrogen-bond acceptors (Lipinski definition) is 6. The van der Waals surface area contributed by atoms with Crippen LogP contribution in [0.4, 0.5) is 0 Å². The van der Waals surface area contributed by atoms with E-state index in [0.29, 0.717) is 24.8 Å². The Kier molecular flexibility index (Phi) is 5.34. The molecule has 144 valence electrons. The first kappa shape index (κ1) is 18.2. The van der Waals surface area contributed by atoms with Gasteiger partial charge in [-0.2, -0.15) is 4.98 Å². The van der Waals surface area contributed by atoms with Crippen LogP contribution in [0.25, 0.3) is 11.4 Å². The van der Waals surface area contributed by atoms with Crippen molar-refractivity contribution < 1.29 is 14.1 Å². The third-order valence-corrected chi connectivity index (χ3v) is 4.51. The molecule has 1 atom stereocenters. The van der Waals surface area contributed by atoms with Crippen LogP contribution < -0.4 is 10.1 Å². The van der Waals surface area contributed by atoms with E-state index in [1.807, 2.05) is 61.5 Å². The van der Waals surface area contributed by atoms with Gasteiger partial charge in [-0.15, -0.1) is 0 Å². The highest BCUT2D eigenvalue weighted by Gasteiger charge is 2.21. The van der Waals surface area contributed by atoms with Gasteiger partial charge in [-0.05, 0) is 13.0 Å². The molecule has 7 heteroatoms. The molecule has 0 aliphatic carbocycles. The lowest BCUT2D eigenvalue weighted by Crippen LogP contribution is -2.39. The summed E-state index contributed by atoms with van der Waals surface area (Å²) in [6.07, 6.45) is 0.0146. The van der Waals surface area contributed by atoms with Crippen molar-refractivity contribution in [2.75, 3.05) is 13.1 Å². The van der Waals surface area contributed by atoms with E-state index in [9.17, 15) is 4.79 Å². The van der Waals surface area contributed by atoms with E-state index >= 15 is 0 Å². The fraction of sp³-hybridized carbons (Fsp3) is 0.286. The van der Waals surface area contributed by atoms with Gasteiger partial charge in [-0.1, -0.05) is 53.7 Å². The Bertz CT molecular complexity index is 942. The van der Waals surface area contributed by atoms with Crippen LogP contribution in [0.1, 0.15) is 18.4 Å². The number of carbonyl (C=O) groups excluding carboxylic acids is 1. The van der Waals surface area contributed by atoms with Crippen molar-refractivity contribution in [1.82, 2.24) is 20.4 Å². The van der Waals surface area contributed by atoms with Gasteiger partial charge in [0.05, 0.1) is 13.1 Å². The van der Waals surface area contributed by atoms with Gasteiger partial charge >= 0.3 is 0 Å². The van der Waals surface area contributed by atoms with Gasteiger partial charge in [0.2, 0.25) is 17.6 Å². The first-order valence-corrected chi connectivity index (χ1v) is 9.29. The summed E-state index contributed by atoms with van der Waals surface area (Å²) in [6, 6.07) is 17.5. The van der Waals surface area contributed by atoms with Gasteiger partial charge in [0.15, 0.2) is 0 Å². The lowest BCUT2D eigenvalue weighted by atomic mass is 10.2. The molecule has 0 bridgehead atoms. The quantitative estimate of drug-likeness (QED) is 0.735. The number of aromatic nitrogens is 2. The third-order valence-electron chi connectivity index (χ3n) is 4.51. The zero-order chi connectivity index (χ0) is 19.3. The Morgan fingerprint density at radius 2 is 1.96 bits per heavy atom. The van der Waals surface area contributed by atoms with Gasteiger partial charge in [0.1, 0.15) is 11.9 Å². The molecule has 2 aromatic carbocycles. The van der Waals surface area contributed by atoms with Crippen LogP contribution >= 0.6 is 0 Å². The van der Waals surface area contributed by atoms with Crippen LogP contribution in [-0.4, -0.2) is 40.1 Å². The Morgan fingerprint density at radius 3 is 2.82 bits per heavy atom. The number of para-hydroxylation sites is 1. The SMILES string of the molecule is CC1CN(CC(=O)NCc2nc(-c3ccccc3)no2)Cc2ccccc2O1. The van der Waals surface area contributed by atoms with Gasteiger partial charge < -0.3 is 14.6 Å². The summed E-state index contributed by atoms with van der Waals surface area (Å²) >= 11 is 0. The summed E-state index contributed by atoms with van der Waals surface area (Å²) in [4.78, 5) is 18.8. The zero-order valence-corrected chi connectivity index (χ0v) is 15.7. The molecule has 1 aliphatic rings. The number of fused-ring (bicyclic) bond motifs is 1. The molecule has 0 fully saturated rings. The standard InChI is InChI=1S/C21H22N4O3/c1-15-12-25(13-17-9-5-6-10-18(17)27-15)14-19(26)22-11-20-23-21(24-28-20)16-7-3-2-4-8-16/h2-10,15H,11-14H2,1H3,(H,22,26). The maximum Gasteiger partial charge on any atom is 0.246 e. The number of benzene rings is 2. The summed E-state index contributed by atoms with van der Waals surface area (Å²) in [5.41, 5.74) is 1.96. The molecule has 2 heterocycles. The molecule has 1 amide bonds. The Balaban J connectivity index is 1.33. The molecule has 28 heavy (non-hydrogen) atoms. The average Bonchev–Trinajstić information content (AvgIpc) is 3.11. The number of amides is 1. The number of hydrogen-bond donors (Lipinski definition) is 1. The highest BCUT2D eigenvalue weighted by atomic mass is 16.5. The largest absolute Gasteiger partial charge is 0.489 e. The van der Waals surface area contributed by atoms with Crippen molar-refractivity contribution in [3.63, 3.8) is 0 Å². The van der Waals surface area contributed by atoms with Crippen LogP contribution in [0.3, 0.4) is 0 Å². The van der Waals surface area contributed by atoms with E-state index in [1.54, 1.807) is 0 Å². The molecule has 0 spiro atoms. The van der Waals surface area contributed by atoms with Gasteiger partial charge in [0, 0.05) is 24.2 Å². The van der Waals surface area contributed by atoms with Crippen molar-refractivity contribution in [2.24, 2.45) is 0 Å². The maximum absolute atomic E-state index is 12.4. The summed E-state index contributed by atoms with van der Waals surface area (Å²) in [7, 11) is 0. The minimum atomic E-state index is -0.0916.